The van der Waals surface area contributed by atoms with E-state index in [4.69, 9.17) is 11.6 Å². The number of aryl methyl sites for hydroxylation is 2. The molecule has 9 heteroatoms. The van der Waals surface area contributed by atoms with Crippen molar-refractivity contribution in [3.63, 3.8) is 0 Å². The van der Waals surface area contributed by atoms with Crippen LogP contribution in [-0.2, 0) is 26.2 Å². The number of rotatable bonds is 11. The second-order valence-corrected chi connectivity index (χ2v) is 13.0. The lowest BCUT2D eigenvalue weighted by atomic mass is 10.1. The molecule has 3 aromatic carbocycles. The zero-order chi connectivity index (χ0) is 29.6. The highest BCUT2D eigenvalue weighted by Crippen LogP contribution is 2.29. The highest BCUT2D eigenvalue weighted by atomic mass is 35.5. The average Bonchev–Trinajstić information content (AvgIpc) is 3.46. The molecule has 0 radical (unpaired) electrons. The second-order valence-electron chi connectivity index (χ2n) is 10.7. The van der Waals surface area contributed by atoms with Gasteiger partial charge in [0.1, 0.15) is 12.6 Å². The average molecular weight is 596 g/mol. The molecule has 0 aromatic heterocycles. The number of sulfonamides is 1. The van der Waals surface area contributed by atoms with Gasteiger partial charge in [-0.3, -0.25) is 13.9 Å². The van der Waals surface area contributed by atoms with E-state index in [0.29, 0.717) is 22.7 Å². The standard InChI is InChI=1S/C32H38ClN3O4S/c1-4-29(32(38)34-27-10-8-9-11-27)35(21-25-16-14-23(2)15-17-25)31(37)22-36(30-19-18-26(33)20-24(30)3)41(39,40)28-12-6-5-7-13-28/h5-7,12-20,27,29H,4,8-11,21-22H2,1-3H3,(H,34,38). The van der Waals surface area contributed by atoms with Gasteiger partial charge >= 0.3 is 0 Å². The number of carbonyl (C=O) groups is 2. The number of nitrogens with one attached hydrogen (secondary N) is 1. The van der Waals surface area contributed by atoms with Crippen LogP contribution in [0.1, 0.15) is 55.7 Å². The Bertz CT molecular complexity index is 1460. The molecule has 1 atom stereocenters. The number of anilines is 1. The molecule has 0 aliphatic heterocycles. The number of nitrogens with zero attached hydrogens (tertiary/aromatic N) is 2. The molecule has 1 saturated carbocycles. The highest BCUT2D eigenvalue weighted by molar-refractivity contribution is 7.92. The van der Waals surface area contributed by atoms with Crippen LogP contribution in [0.3, 0.4) is 0 Å². The van der Waals surface area contributed by atoms with Gasteiger partial charge in [-0.25, -0.2) is 8.42 Å². The summed E-state index contributed by atoms with van der Waals surface area (Å²) in [6.45, 7) is 5.31. The van der Waals surface area contributed by atoms with E-state index < -0.39 is 28.5 Å². The van der Waals surface area contributed by atoms with Gasteiger partial charge in [0.25, 0.3) is 10.0 Å². The van der Waals surface area contributed by atoms with Crippen LogP contribution < -0.4 is 9.62 Å². The molecule has 7 nitrogen and oxygen atoms in total. The van der Waals surface area contributed by atoms with Crippen molar-refractivity contribution in [2.24, 2.45) is 0 Å². The molecule has 0 heterocycles. The van der Waals surface area contributed by atoms with Gasteiger partial charge in [0.05, 0.1) is 10.6 Å². The fourth-order valence-corrected chi connectivity index (χ4v) is 7.04. The molecule has 1 N–H and O–H groups in total. The van der Waals surface area contributed by atoms with Gasteiger partial charge in [-0.1, -0.05) is 79.4 Å². The Hall–Kier alpha value is -3.36. The van der Waals surface area contributed by atoms with Gasteiger partial charge in [-0.15, -0.1) is 0 Å². The fourth-order valence-electron chi connectivity index (χ4n) is 5.31. The third-order valence-corrected chi connectivity index (χ3v) is 9.61. The number of amides is 2. The number of carbonyl (C=O) groups excluding carboxylic acids is 2. The van der Waals surface area contributed by atoms with Crippen LogP contribution in [-0.4, -0.2) is 43.8 Å². The molecular weight excluding hydrogens is 558 g/mol. The predicted molar refractivity (Wildman–Crippen MR) is 163 cm³/mol. The zero-order valence-corrected chi connectivity index (χ0v) is 25.4. The molecule has 1 aliphatic rings. The van der Waals surface area contributed by atoms with Crippen LogP contribution in [0.4, 0.5) is 5.69 Å². The summed E-state index contributed by atoms with van der Waals surface area (Å²) in [5, 5.41) is 3.60. The van der Waals surface area contributed by atoms with Crippen molar-refractivity contribution in [1.82, 2.24) is 10.2 Å². The summed E-state index contributed by atoms with van der Waals surface area (Å²) in [6.07, 6.45) is 4.38. The van der Waals surface area contributed by atoms with E-state index in [-0.39, 0.29) is 23.4 Å². The SMILES string of the molecule is CCC(C(=O)NC1CCCC1)N(Cc1ccc(C)cc1)C(=O)CN(c1ccc(Cl)cc1C)S(=O)(=O)c1ccccc1. The quantitative estimate of drug-likeness (QED) is 0.294. The minimum Gasteiger partial charge on any atom is -0.352 e. The Morgan fingerprint density at radius 1 is 0.976 bits per heavy atom. The van der Waals surface area contributed by atoms with E-state index in [1.54, 1.807) is 43.3 Å². The summed E-state index contributed by atoms with van der Waals surface area (Å²) in [5.41, 5.74) is 2.90. The van der Waals surface area contributed by atoms with Crippen LogP contribution in [0.2, 0.25) is 5.02 Å². The monoisotopic (exact) mass is 595 g/mol. The predicted octanol–water partition coefficient (Wildman–Crippen LogP) is 6.02. The van der Waals surface area contributed by atoms with Crippen molar-refractivity contribution in [2.75, 3.05) is 10.8 Å². The fraction of sp³-hybridized carbons (Fsp3) is 0.375. The van der Waals surface area contributed by atoms with E-state index in [0.717, 1.165) is 41.1 Å². The van der Waals surface area contributed by atoms with Crippen LogP contribution in [0, 0.1) is 13.8 Å². The van der Waals surface area contributed by atoms with Crippen LogP contribution in [0.25, 0.3) is 0 Å². The molecule has 1 fully saturated rings. The zero-order valence-electron chi connectivity index (χ0n) is 23.8. The third-order valence-electron chi connectivity index (χ3n) is 7.60. The maximum Gasteiger partial charge on any atom is 0.264 e. The first kappa shape index (κ1) is 30.6. The summed E-state index contributed by atoms with van der Waals surface area (Å²) in [6, 6.07) is 20.0. The van der Waals surface area contributed by atoms with Crippen molar-refractivity contribution in [3.8, 4) is 0 Å². The molecule has 2 amide bonds. The van der Waals surface area contributed by atoms with Gasteiger partial charge in [0.15, 0.2) is 0 Å². The minimum absolute atomic E-state index is 0.0678. The summed E-state index contributed by atoms with van der Waals surface area (Å²) in [5.74, 6) is -0.673. The smallest absolute Gasteiger partial charge is 0.264 e. The molecule has 41 heavy (non-hydrogen) atoms. The summed E-state index contributed by atoms with van der Waals surface area (Å²) in [7, 11) is -4.13. The lowest BCUT2D eigenvalue weighted by molar-refractivity contribution is -0.140. The van der Waals surface area contributed by atoms with E-state index >= 15 is 0 Å². The topological polar surface area (TPSA) is 86.8 Å². The number of halogens is 1. The van der Waals surface area contributed by atoms with Crippen molar-refractivity contribution in [2.45, 2.75) is 76.4 Å². The molecule has 0 saturated heterocycles. The molecule has 1 aliphatic carbocycles. The number of hydrogen-bond donors (Lipinski definition) is 1. The summed E-state index contributed by atoms with van der Waals surface area (Å²) >= 11 is 6.19. The van der Waals surface area contributed by atoms with Crippen molar-refractivity contribution in [1.29, 1.82) is 0 Å². The van der Waals surface area contributed by atoms with Crippen LogP contribution in [0.15, 0.2) is 77.7 Å². The van der Waals surface area contributed by atoms with Gasteiger partial charge in [0.2, 0.25) is 11.8 Å². The van der Waals surface area contributed by atoms with Gasteiger partial charge < -0.3 is 10.2 Å². The maximum atomic E-state index is 14.2. The Balaban J connectivity index is 1.72. The number of hydrogen-bond acceptors (Lipinski definition) is 4. The van der Waals surface area contributed by atoms with Crippen molar-refractivity contribution in [3.05, 3.63) is 94.5 Å². The highest BCUT2D eigenvalue weighted by Gasteiger charge is 2.35. The molecule has 218 valence electrons. The molecular formula is C32H38ClN3O4S. The largest absolute Gasteiger partial charge is 0.352 e. The van der Waals surface area contributed by atoms with Gasteiger partial charge in [0, 0.05) is 17.6 Å². The Labute approximate surface area is 248 Å². The van der Waals surface area contributed by atoms with Crippen LogP contribution >= 0.6 is 11.6 Å². The maximum absolute atomic E-state index is 14.2. The second kappa shape index (κ2) is 13.5. The molecule has 0 spiro atoms. The van der Waals surface area contributed by atoms with Gasteiger partial charge in [-0.2, -0.15) is 0 Å². The molecule has 3 aromatic rings. The lowest BCUT2D eigenvalue weighted by Crippen LogP contribution is -2.53. The van der Waals surface area contributed by atoms with E-state index in [2.05, 4.69) is 5.32 Å². The first-order valence-electron chi connectivity index (χ1n) is 14.1. The normalized spacial score (nSPS) is 14.4. The minimum atomic E-state index is -4.13. The molecule has 0 bridgehead atoms. The Morgan fingerprint density at radius 3 is 2.24 bits per heavy atom. The van der Waals surface area contributed by atoms with Gasteiger partial charge in [-0.05, 0) is 74.6 Å². The summed E-state index contributed by atoms with van der Waals surface area (Å²) in [4.78, 5) is 29.3. The third kappa shape index (κ3) is 7.49. The first-order chi connectivity index (χ1) is 19.6. The summed E-state index contributed by atoms with van der Waals surface area (Å²) < 4.78 is 29.1. The van der Waals surface area contributed by atoms with Crippen LogP contribution in [0.5, 0.6) is 0 Å². The molecule has 4 rings (SSSR count). The lowest BCUT2D eigenvalue weighted by Gasteiger charge is -2.34. The van der Waals surface area contributed by atoms with Crippen molar-refractivity contribution < 1.29 is 18.0 Å². The van der Waals surface area contributed by atoms with E-state index in [1.807, 2.05) is 38.1 Å². The van der Waals surface area contributed by atoms with E-state index in [1.165, 1.54) is 17.0 Å². The van der Waals surface area contributed by atoms with E-state index in [9.17, 15) is 18.0 Å². The first-order valence-corrected chi connectivity index (χ1v) is 15.9. The van der Waals surface area contributed by atoms with Crippen molar-refractivity contribution >= 4 is 39.1 Å². The Kier molecular flexibility index (Phi) is 10.1. The Morgan fingerprint density at radius 2 is 1.63 bits per heavy atom. The molecule has 1 unspecified atom stereocenters. The number of benzene rings is 3.